The minimum absolute atomic E-state index is 0. The van der Waals surface area contributed by atoms with Crippen molar-refractivity contribution >= 4 is 29.9 Å². The highest BCUT2D eigenvalue weighted by atomic mass is 127. The van der Waals surface area contributed by atoms with Crippen molar-refractivity contribution in [2.24, 2.45) is 4.99 Å². The van der Waals surface area contributed by atoms with Crippen molar-refractivity contribution in [3.8, 4) is 0 Å². The first-order valence-corrected chi connectivity index (χ1v) is 12.3. The first-order chi connectivity index (χ1) is 15.2. The van der Waals surface area contributed by atoms with Gasteiger partial charge in [0.25, 0.3) is 0 Å². The third-order valence-corrected chi connectivity index (χ3v) is 6.48. The molecule has 0 atom stereocenters. The maximum atomic E-state index is 6.06. The van der Waals surface area contributed by atoms with E-state index in [1.165, 1.54) is 75.7 Å². The van der Waals surface area contributed by atoms with Crippen molar-refractivity contribution in [2.45, 2.75) is 64.1 Å². The SMILES string of the molecule is CN=C(NCCOC1CCCCCC1)NCc1ccc(CN2CCCN(C)CC2)cc1.I. The van der Waals surface area contributed by atoms with Crippen LogP contribution in [0, 0.1) is 0 Å². The number of hydrogen-bond donors (Lipinski definition) is 2. The zero-order chi connectivity index (χ0) is 21.7. The van der Waals surface area contributed by atoms with Gasteiger partial charge in [0.15, 0.2) is 5.96 Å². The van der Waals surface area contributed by atoms with Crippen LogP contribution in [0.2, 0.25) is 0 Å². The second-order valence-electron chi connectivity index (χ2n) is 9.09. The molecule has 0 amide bonds. The van der Waals surface area contributed by atoms with Gasteiger partial charge in [0, 0.05) is 39.8 Å². The second-order valence-corrected chi connectivity index (χ2v) is 9.09. The minimum Gasteiger partial charge on any atom is -0.376 e. The van der Waals surface area contributed by atoms with E-state index in [2.05, 4.69) is 56.7 Å². The molecule has 0 radical (unpaired) electrons. The third-order valence-electron chi connectivity index (χ3n) is 6.48. The molecular formula is C25H44IN5O. The van der Waals surface area contributed by atoms with Crippen LogP contribution < -0.4 is 10.6 Å². The zero-order valence-corrected chi connectivity index (χ0v) is 22.5. The highest BCUT2D eigenvalue weighted by Crippen LogP contribution is 2.19. The molecule has 1 aromatic rings. The van der Waals surface area contributed by atoms with Crippen molar-refractivity contribution in [3.63, 3.8) is 0 Å². The van der Waals surface area contributed by atoms with Crippen LogP contribution in [0.4, 0.5) is 0 Å². The summed E-state index contributed by atoms with van der Waals surface area (Å²) in [5, 5.41) is 6.79. The van der Waals surface area contributed by atoms with Gasteiger partial charge < -0.3 is 20.3 Å². The number of benzene rings is 1. The molecule has 1 saturated carbocycles. The number of hydrogen-bond acceptors (Lipinski definition) is 4. The molecule has 0 spiro atoms. The Balaban J connectivity index is 0.00000363. The fourth-order valence-electron chi connectivity index (χ4n) is 4.49. The van der Waals surface area contributed by atoms with E-state index in [4.69, 9.17) is 4.74 Å². The van der Waals surface area contributed by atoms with Crippen molar-refractivity contribution in [1.29, 1.82) is 0 Å². The van der Waals surface area contributed by atoms with E-state index >= 15 is 0 Å². The van der Waals surface area contributed by atoms with Crippen LogP contribution in [0.1, 0.15) is 56.1 Å². The normalized spacial score (nSPS) is 19.6. The highest BCUT2D eigenvalue weighted by molar-refractivity contribution is 14.0. The van der Waals surface area contributed by atoms with E-state index in [1.807, 2.05) is 7.05 Å². The molecule has 2 N–H and O–H groups in total. The number of aliphatic imine (C=N–C) groups is 1. The summed E-state index contributed by atoms with van der Waals surface area (Å²) in [4.78, 5) is 9.34. The zero-order valence-electron chi connectivity index (χ0n) is 20.2. The fraction of sp³-hybridized carbons (Fsp3) is 0.720. The first-order valence-electron chi connectivity index (χ1n) is 12.3. The number of nitrogens with one attached hydrogen (secondary N) is 2. The first kappa shape index (κ1) is 27.3. The van der Waals surface area contributed by atoms with Gasteiger partial charge >= 0.3 is 0 Å². The number of ether oxygens (including phenoxy) is 1. The minimum atomic E-state index is 0. The Kier molecular flexibility index (Phi) is 13.5. The molecule has 1 aliphatic heterocycles. The Hall–Kier alpha value is -0.900. The Morgan fingerprint density at radius 3 is 2.38 bits per heavy atom. The molecule has 32 heavy (non-hydrogen) atoms. The summed E-state index contributed by atoms with van der Waals surface area (Å²) in [7, 11) is 4.04. The molecule has 182 valence electrons. The Labute approximate surface area is 212 Å². The number of nitrogens with zero attached hydrogens (tertiary/aromatic N) is 3. The summed E-state index contributed by atoms with van der Waals surface area (Å²) in [6.07, 6.45) is 9.52. The lowest BCUT2D eigenvalue weighted by atomic mass is 10.1. The van der Waals surface area contributed by atoms with E-state index in [0.717, 1.165) is 38.7 Å². The van der Waals surface area contributed by atoms with Crippen molar-refractivity contribution in [2.75, 3.05) is 53.4 Å². The van der Waals surface area contributed by atoms with Crippen molar-refractivity contribution < 1.29 is 4.74 Å². The second kappa shape index (κ2) is 15.9. The summed E-state index contributed by atoms with van der Waals surface area (Å²) < 4.78 is 6.06. The standard InChI is InChI=1S/C25H43N5O.HI/c1-26-25(27-14-19-31-24-8-5-3-4-6-9-24)28-20-22-10-12-23(13-11-22)21-30-16-7-15-29(2)17-18-30;/h10-13,24H,3-9,14-21H2,1-2H3,(H2,26,27,28);1H. The molecule has 0 unspecified atom stereocenters. The van der Waals surface area contributed by atoms with Crippen LogP contribution in [0.15, 0.2) is 29.3 Å². The van der Waals surface area contributed by atoms with E-state index in [0.29, 0.717) is 6.10 Å². The number of rotatable bonds is 8. The summed E-state index contributed by atoms with van der Waals surface area (Å²) in [5.74, 6) is 0.835. The van der Waals surface area contributed by atoms with Crippen LogP contribution in [0.25, 0.3) is 0 Å². The highest BCUT2D eigenvalue weighted by Gasteiger charge is 2.13. The van der Waals surface area contributed by atoms with Crippen LogP contribution in [0.3, 0.4) is 0 Å². The monoisotopic (exact) mass is 557 g/mol. The molecule has 2 aliphatic rings. The molecule has 6 nitrogen and oxygen atoms in total. The summed E-state index contributed by atoms with van der Waals surface area (Å²) in [6, 6.07) is 8.99. The topological polar surface area (TPSA) is 52.1 Å². The molecule has 1 aromatic carbocycles. The average Bonchev–Trinajstić information content (AvgIpc) is 3.17. The molecule has 7 heteroatoms. The maximum Gasteiger partial charge on any atom is 0.191 e. The molecule has 0 aromatic heterocycles. The molecule has 0 bridgehead atoms. The van der Waals surface area contributed by atoms with Gasteiger partial charge in [-0.15, -0.1) is 24.0 Å². The van der Waals surface area contributed by atoms with E-state index in [1.54, 1.807) is 0 Å². The number of likely N-dealkylation sites (N-methyl/N-ethyl adjacent to an activating group) is 1. The van der Waals surface area contributed by atoms with Gasteiger partial charge in [0.05, 0.1) is 12.7 Å². The van der Waals surface area contributed by atoms with Gasteiger partial charge in [-0.2, -0.15) is 0 Å². The molecule has 1 heterocycles. The van der Waals surface area contributed by atoms with Gasteiger partial charge in [-0.1, -0.05) is 49.9 Å². The molecular weight excluding hydrogens is 513 g/mol. The summed E-state index contributed by atoms with van der Waals surface area (Å²) >= 11 is 0. The number of halogens is 1. The largest absolute Gasteiger partial charge is 0.376 e. The number of guanidine groups is 1. The molecule has 1 aliphatic carbocycles. The lowest BCUT2D eigenvalue weighted by molar-refractivity contribution is 0.0468. The van der Waals surface area contributed by atoms with Gasteiger partial charge in [0.2, 0.25) is 0 Å². The lowest BCUT2D eigenvalue weighted by Crippen LogP contribution is -2.38. The Bertz CT molecular complexity index is 646. The van der Waals surface area contributed by atoms with Gasteiger partial charge in [-0.25, -0.2) is 0 Å². The Morgan fingerprint density at radius 2 is 1.66 bits per heavy atom. The Morgan fingerprint density at radius 1 is 0.938 bits per heavy atom. The average molecular weight is 558 g/mol. The van der Waals surface area contributed by atoms with Crippen LogP contribution >= 0.6 is 24.0 Å². The molecule has 3 rings (SSSR count). The summed E-state index contributed by atoms with van der Waals surface area (Å²) in [5.41, 5.74) is 2.67. The molecule has 1 saturated heterocycles. The molecule has 2 fully saturated rings. The van der Waals surface area contributed by atoms with Gasteiger partial charge in [-0.05, 0) is 50.5 Å². The fourth-order valence-corrected chi connectivity index (χ4v) is 4.49. The van der Waals surface area contributed by atoms with Gasteiger partial charge in [-0.3, -0.25) is 9.89 Å². The van der Waals surface area contributed by atoms with Crippen LogP contribution in [-0.4, -0.2) is 75.3 Å². The van der Waals surface area contributed by atoms with Gasteiger partial charge in [0.1, 0.15) is 0 Å². The van der Waals surface area contributed by atoms with Crippen LogP contribution in [0.5, 0.6) is 0 Å². The van der Waals surface area contributed by atoms with E-state index < -0.39 is 0 Å². The van der Waals surface area contributed by atoms with Crippen molar-refractivity contribution in [1.82, 2.24) is 20.4 Å². The third kappa shape index (κ3) is 10.4. The van der Waals surface area contributed by atoms with E-state index in [9.17, 15) is 0 Å². The maximum absolute atomic E-state index is 6.06. The predicted molar refractivity (Wildman–Crippen MR) is 145 cm³/mol. The van der Waals surface area contributed by atoms with Crippen molar-refractivity contribution in [3.05, 3.63) is 35.4 Å². The lowest BCUT2D eigenvalue weighted by Gasteiger charge is -2.20. The summed E-state index contributed by atoms with van der Waals surface area (Å²) in [6.45, 7) is 8.09. The van der Waals surface area contributed by atoms with E-state index in [-0.39, 0.29) is 24.0 Å². The smallest absolute Gasteiger partial charge is 0.191 e. The quantitative estimate of drug-likeness (QED) is 0.167. The van der Waals surface area contributed by atoms with Crippen LogP contribution in [-0.2, 0) is 17.8 Å². The predicted octanol–water partition coefficient (Wildman–Crippen LogP) is 3.85.